The van der Waals surface area contributed by atoms with Crippen molar-refractivity contribution in [3.05, 3.63) is 59.2 Å². The second kappa shape index (κ2) is 7.88. The summed E-state index contributed by atoms with van der Waals surface area (Å²) in [6, 6.07) is 13.7. The predicted molar refractivity (Wildman–Crippen MR) is 103 cm³/mol. The van der Waals surface area contributed by atoms with E-state index in [1.165, 1.54) is 37.9 Å². The highest BCUT2D eigenvalue weighted by Gasteiger charge is 2.14. The molecule has 140 valence electrons. The van der Waals surface area contributed by atoms with Gasteiger partial charge in [0.25, 0.3) is 5.91 Å². The van der Waals surface area contributed by atoms with Gasteiger partial charge in [0, 0.05) is 25.7 Å². The quantitative estimate of drug-likeness (QED) is 0.694. The Balaban J connectivity index is 1.38. The highest BCUT2D eigenvalue weighted by molar-refractivity contribution is 5.94. The van der Waals surface area contributed by atoms with E-state index >= 15 is 0 Å². The van der Waals surface area contributed by atoms with Gasteiger partial charge >= 0.3 is 0 Å². The summed E-state index contributed by atoms with van der Waals surface area (Å²) in [5, 5.41) is 7.66. The molecule has 0 spiro atoms. The number of nitrogens with zero attached hydrogens (tertiary/aromatic N) is 4. The van der Waals surface area contributed by atoms with Crippen LogP contribution in [0.25, 0.3) is 11.0 Å². The molecule has 0 radical (unpaired) electrons. The lowest BCUT2D eigenvalue weighted by molar-refractivity contribution is 0.0785. The maximum absolute atomic E-state index is 12.7. The number of amides is 1. The molecular formula is C21H24N4O2. The zero-order valence-electron chi connectivity index (χ0n) is 15.6. The minimum absolute atomic E-state index is 0.0119. The fourth-order valence-electron chi connectivity index (χ4n) is 3.62. The van der Waals surface area contributed by atoms with Gasteiger partial charge in [0.15, 0.2) is 0 Å². The Bertz CT molecular complexity index is 913. The number of rotatable bonds is 5. The van der Waals surface area contributed by atoms with Gasteiger partial charge in [0.1, 0.15) is 11.0 Å². The predicted octanol–water partition coefficient (Wildman–Crippen LogP) is 3.48. The van der Waals surface area contributed by atoms with Crippen molar-refractivity contribution in [1.82, 2.24) is 20.1 Å². The van der Waals surface area contributed by atoms with Gasteiger partial charge in [0.05, 0.1) is 0 Å². The van der Waals surface area contributed by atoms with E-state index < -0.39 is 0 Å². The Hall–Kier alpha value is -2.73. The van der Waals surface area contributed by atoms with Crippen LogP contribution in [0.4, 0.5) is 0 Å². The van der Waals surface area contributed by atoms with Gasteiger partial charge in [0.2, 0.25) is 0 Å². The minimum Gasteiger partial charge on any atom is -0.337 e. The molecule has 0 unspecified atom stereocenters. The molecule has 4 rings (SSSR count). The molecule has 2 aromatic carbocycles. The molecule has 0 atom stereocenters. The second-order valence-corrected chi connectivity index (χ2v) is 7.28. The first-order valence-corrected chi connectivity index (χ1v) is 9.47. The van der Waals surface area contributed by atoms with Gasteiger partial charge in [-0.15, -0.1) is 0 Å². The first-order chi connectivity index (χ1) is 13.2. The van der Waals surface area contributed by atoms with Crippen LogP contribution in [0.15, 0.2) is 47.1 Å². The van der Waals surface area contributed by atoms with Crippen LogP contribution >= 0.6 is 0 Å². The average Bonchev–Trinajstić information content (AvgIpc) is 3.16. The summed E-state index contributed by atoms with van der Waals surface area (Å²) in [6.07, 6.45) is 3.92. The summed E-state index contributed by atoms with van der Waals surface area (Å²) >= 11 is 0. The number of hydrogen-bond acceptors (Lipinski definition) is 5. The number of hydrogen-bond donors (Lipinski definition) is 0. The number of benzene rings is 2. The lowest BCUT2D eigenvalue weighted by Crippen LogP contribution is -2.29. The van der Waals surface area contributed by atoms with Crippen LogP contribution in [0.1, 0.15) is 40.7 Å². The van der Waals surface area contributed by atoms with Crippen LogP contribution in [0.5, 0.6) is 0 Å². The number of carbonyl (C=O) groups excluding carboxylic acids is 1. The summed E-state index contributed by atoms with van der Waals surface area (Å²) in [7, 11) is 1.81. The molecular weight excluding hydrogens is 340 g/mol. The van der Waals surface area contributed by atoms with Crippen molar-refractivity contribution >= 4 is 16.9 Å². The smallest absolute Gasteiger partial charge is 0.253 e. The number of fused-ring (bicyclic) bond motifs is 1. The lowest BCUT2D eigenvalue weighted by Gasteiger charge is -2.26. The van der Waals surface area contributed by atoms with Crippen LogP contribution < -0.4 is 0 Å². The monoisotopic (exact) mass is 364 g/mol. The Morgan fingerprint density at radius 1 is 1.00 bits per heavy atom. The van der Waals surface area contributed by atoms with E-state index in [-0.39, 0.29) is 5.91 Å². The standard InChI is InChI=1S/C21H24N4O2/c1-24(14-17-7-10-19-20(13-17)23-27-22-19)21(26)18-8-5-16(6-9-18)15-25-11-3-2-4-12-25/h5-10,13H,2-4,11-12,14-15H2,1H3. The maximum Gasteiger partial charge on any atom is 0.253 e. The fraction of sp³-hybridized carbons (Fsp3) is 0.381. The summed E-state index contributed by atoms with van der Waals surface area (Å²) in [6.45, 7) is 3.83. The summed E-state index contributed by atoms with van der Waals surface area (Å²) in [5.41, 5.74) is 4.40. The summed E-state index contributed by atoms with van der Waals surface area (Å²) < 4.78 is 4.72. The van der Waals surface area contributed by atoms with Crippen LogP contribution in [0.3, 0.4) is 0 Å². The molecule has 0 N–H and O–H groups in total. The fourth-order valence-corrected chi connectivity index (χ4v) is 3.62. The van der Waals surface area contributed by atoms with E-state index in [2.05, 4.69) is 27.3 Å². The second-order valence-electron chi connectivity index (χ2n) is 7.28. The van der Waals surface area contributed by atoms with Gasteiger partial charge in [-0.2, -0.15) is 0 Å². The minimum atomic E-state index is 0.0119. The molecule has 0 saturated carbocycles. The molecule has 1 amide bonds. The van der Waals surface area contributed by atoms with Crippen LogP contribution in [-0.4, -0.2) is 46.2 Å². The van der Waals surface area contributed by atoms with Gasteiger partial charge in [-0.3, -0.25) is 9.69 Å². The number of carbonyl (C=O) groups is 1. The molecule has 6 nitrogen and oxygen atoms in total. The molecule has 1 saturated heterocycles. The molecule has 2 heterocycles. The number of aromatic nitrogens is 2. The highest BCUT2D eigenvalue weighted by Crippen LogP contribution is 2.16. The molecule has 1 aromatic heterocycles. The number of piperidine rings is 1. The summed E-state index contributed by atoms with van der Waals surface area (Å²) in [4.78, 5) is 16.9. The lowest BCUT2D eigenvalue weighted by atomic mass is 10.1. The van der Waals surface area contributed by atoms with Crippen molar-refractivity contribution in [3.63, 3.8) is 0 Å². The van der Waals surface area contributed by atoms with Crippen molar-refractivity contribution in [2.45, 2.75) is 32.4 Å². The van der Waals surface area contributed by atoms with Gasteiger partial charge < -0.3 is 4.90 Å². The van der Waals surface area contributed by atoms with Gasteiger partial charge in [-0.1, -0.05) is 24.6 Å². The van der Waals surface area contributed by atoms with Crippen LogP contribution in [-0.2, 0) is 13.1 Å². The van der Waals surface area contributed by atoms with Crippen LogP contribution in [0, 0.1) is 0 Å². The third-order valence-corrected chi connectivity index (χ3v) is 5.14. The Morgan fingerprint density at radius 3 is 2.48 bits per heavy atom. The molecule has 27 heavy (non-hydrogen) atoms. The van der Waals surface area contributed by atoms with E-state index in [0.29, 0.717) is 17.6 Å². The van der Waals surface area contributed by atoms with Crippen LogP contribution in [0.2, 0.25) is 0 Å². The SMILES string of the molecule is CN(Cc1ccc2nonc2c1)C(=O)c1ccc(CN2CCCCC2)cc1. The molecule has 0 aliphatic carbocycles. The largest absolute Gasteiger partial charge is 0.337 e. The Labute approximate surface area is 158 Å². The van der Waals surface area contributed by atoms with Crippen molar-refractivity contribution in [1.29, 1.82) is 0 Å². The van der Waals surface area contributed by atoms with Crippen molar-refractivity contribution in [3.8, 4) is 0 Å². The molecule has 0 bridgehead atoms. The normalized spacial score (nSPS) is 15.1. The maximum atomic E-state index is 12.7. The molecule has 3 aromatic rings. The Kier molecular flexibility index (Phi) is 5.16. The van der Waals surface area contributed by atoms with Crippen molar-refractivity contribution in [2.75, 3.05) is 20.1 Å². The van der Waals surface area contributed by atoms with E-state index in [0.717, 1.165) is 17.6 Å². The highest BCUT2D eigenvalue weighted by atomic mass is 16.6. The first-order valence-electron chi connectivity index (χ1n) is 9.47. The molecule has 1 aliphatic heterocycles. The van der Waals surface area contributed by atoms with Crippen molar-refractivity contribution < 1.29 is 9.42 Å². The topological polar surface area (TPSA) is 62.5 Å². The first kappa shape index (κ1) is 17.7. The van der Waals surface area contributed by atoms with Gasteiger partial charge in [-0.05, 0) is 71.6 Å². The third-order valence-electron chi connectivity index (χ3n) is 5.14. The van der Waals surface area contributed by atoms with E-state index in [1.807, 2.05) is 37.4 Å². The van der Waals surface area contributed by atoms with Gasteiger partial charge in [-0.25, -0.2) is 4.63 Å². The zero-order chi connectivity index (χ0) is 18.6. The van der Waals surface area contributed by atoms with E-state index in [4.69, 9.17) is 4.63 Å². The molecule has 1 fully saturated rings. The average molecular weight is 364 g/mol. The molecule has 6 heteroatoms. The molecule has 1 aliphatic rings. The summed E-state index contributed by atoms with van der Waals surface area (Å²) in [5.74, 6) is 0.0119. The third kappa shape index (κ3) is 4.17. The van der Waals surface area contributed by atoms with Crippen molar-refractivity contribution in [2.24, 2.45) is 0 Å². The Morgan fingerprint density at radius 2 is 1.70 bits per heavy atom. The van der Waals surface area contributed by atoms with E-state index in [1.54, 1.807) is 4.90 Å². The number of likely N-dealkylation sites (tertiary alicyclic amines) is 1. The zero-order valence-corrected chi connectivity index (χ0v) is 15.6. The van der Waals surface area contributed by atoms with E-state index in [9.17, 15) is 4.79 Å².